The van der Waals surface area contributed by atoms with Gasteiger partial charge in [-0.1, -0.05) is 11.6 Å². The zero-order valence-electron chi connectivity index (χ0n) is 13.4. The highest BCUT2D eigenvalue weighted by molar-refractivity contribution is 6.30. The van der Waals surface area contributed by atoms with Crippen molar-refractivity contribution >= 4 is 23.5 Å². The van der Waals surface area contributed by atoms with Gasteiger partial charge in [0, 0.05) is 39.9 Å². The molecule has 2 heterocycles. The van der Waals surface area contributed by atoms with Crippen LogP contribution < -0.4 is 5.32 Å². The van der Waals surface area contributed by atoms with Gasteiger partial charge in [-0.25, -0.2) is 4.79 Å². The van der Waals surface area contributed by atoms with Crippen LogP contribution in [0.5, 0.6) is 0 Å². The second-order valence-corrected chi connectivity index (χ2v) is 5.98. The number of ether oxygens (including phenoxy) is 1. The number of halogens is 1. The molecule has 1 aliphatic heterocycles. The van der Waals surface area contributed by atoms with Crippen LogP contribution in [0.2, 0.25) is 5.02 Å². The lowest BCUT2D eigenvalue weighted by Gasteiger charge is -2.33. The van der Waals surface area contributed by atoms with Crippen molar-refractivity contribution in [2.45, 2.75) is 19.1 Å². The summed E-state index contributed by atoms with van der Waals surface area (Å²) in [6.45, 7) is 2.33. The minimum atomic E-state index is -0.587. The molecular formula is C14H22ClN5O3. The van der Waals surface area contributed by atoms with Gasteiger partial charge in [0.05, 0.1) is 24.4 Å². The van der Waals surface area contributed by atoms with E-state index < -0.39 is 6.10 Å². The maximum absolute atomic E-state index is 12.1. The van der Waals surface area contributed by atoms with Gasteiger partial charge >= 0.3 is 6.03 Å². The van der Waals surface area contributed by atoms with Crippen LogP contribution in [-0.2, 0) is 16.1 Å². The Morgan fingerprint density at radius 1 is 1.52 bits per heavy atom. The number of nitrogens with one attached hydrogen (secondary N) is 1. The van der Waals surface area contributed by atoms with E-state index in [0.29, 0.717) is 31.3 Å². The van der Waals surface area contributed by atoms with Gasteiger partial charge in [0.1, 0.15) is 0 Å². The Kier molecular flexibility index (Phi) is 6.23. The smallest absolute Gasteiger partial charge is 0.317 e. The Morgan fingerprint density at radius 2 is 2.30 bits per heavy atom. The van der Waals surface area contributed by atoms with E-state index in [-0.39, 0.29) is 18.5 Å². The lowest BCUT2D eigenvalue weighted by molar-refractivity contribution is -0.145. The number of aromatic nitrogens is 2. The summed E-state index contributed by atoms with van der Waals surface area (Å²) < 4.78 is 7.16. The van der Waals surface area contributed by atoms with Crippen LogP contribution in [0.3, 0.4) is 0 Å². The van der Waals surface area contributed by atoms with Crippen LogP contribution in [0.4, 0.5) is 4.79 Å². The molecule has 0 spiro atoms. The molecule has 1 saturated heterocycles. The standard InChI is InChI=1S/C14H22ClN5O3/c1-18(2)13(21)12-10-19(6-7-23-12)14(22)16-4-3-5-20-9-11(15)8-17-20/h8-9,12H,3-7,10H2,1-2H3,(H,16,22). The summed E-state index contributed by atoms with van der Waals surface area (Å²) in [7, 11) is 3.35. The highest BCUT2D eigenvalue weighted by Crippen LogP contribution is 2.08. The van der Waals surface area contributed by atoms with Gasteiger partial charge in [-0.15, -0.1) is 0 Å². The number of carbonyl (C=O) groups is 2. The number of carbonyl (C=O) groups excluding carboxylic acids is 2. The lowest BCUT2D eigenvalue weighted by Crippen LogP contribution is -2.53. The average molecular weight is 344 g/mol. The Balaban J connectivity index is 1.71. The third-order valence-corrected chi connectivity index (χ3v) is 3.71. The third-order valence-electron chi connectivity index (χ3n) is 3.51. The predicted octanol–water partition coefficient (Wildman–Crippen LogP) is 0.425. The molecule has 1 aromatic heterocycles. The van der Waals surface area contributed by atoms with Crippen molar-refractivity contribution in [2.24, 2.45) is 0 Å². The second-order valence-electron chi connectivity index (χ2n) is 5.55. The fourth-order valence-electron chi connectivity index (χ4n) is 2.28. The summed E-state index contributed by atoms with van der Waals surface area (Å²) in [5.74, 6) is -0.127. The normalized spacial score (nSPS) is 17.9. The van der Waals surface area contributed by atoms with Crippen LogP contribution >= 0.6 is 11.6 Å². The molecule has 23 heavy (non-hydrogen) atoms. The molecule has 0 radical (unpaired) electrons. The van der Waals surface area contributed by atoms with Crippen molar-refractivity contribution in [3.63, 3.8) is 0 Å². The molecule has 9 heteroatoms. The number of hydrogen-bond donors (Lipinski definition) is 1. The first-order valence-electron chi connectivity index (χ1n) is 7.51. The molecule has 0 saturated carbocycles. The third kappa shape index (κ3) is 5.11. The molecule has 1 atom stereocenters. The molecule has 8 nitrogen and oxygen atoms in total. The number of aryl methyl sites for hydroxylation is 1. The molecule has 0 bridgehead atoms. The maximum atomic E-state index is 12.1. The van der Waals surface area contributed by atoms with Crippen molar-refractivity contribution in [3.05, 3.63) is 17.4 Å². The summed E-state index contributed by atoms with van der Waals surface area (Å²) >= 11 is 5.78. The quantitative estimate of drug-likeness (QED) is 0.786. The second kappa shape index (κ2) is 8.16. The SMILES string of the molecule is CN(C)C(=O)C1CN(C(=O)NCCCn2cc(Cl)cn2)CCO1. The number of likely N-dealkylation sites (N-methyl/N-ethyl adjacent to an activating group) is 1. The van der Waals surface area contributed by atoms with Crippen molar-refractivity contribution in [2.75, 3.05) is 40.3 Å². The van der Waals surface area contributed by atoms with E-state index in [0.717, 1.165) is 6.42 Å². The maximum Gasteiger partial charge on any atom is 0.317 e. The molecule has 3 amide bonds. The summed E-state index contributed by atoms with van der Waals surface area (Å²) in [5, 5.41) is 7.52. The van der Waals surface area contributed by atoms with E-state index in [1.54, 1.807) is 36.1 Å². The fraction of sp³-hybridized carbons (Fsp3) is 0.643. The van der Waals surface area contributed by atoms with Gasteiger partial charge < -0.3 is 19.9 Å². The minimum absolute atomic E-state index is 0.127. The highest BCUT2D eigenvalue weighted by Gasteiger charge is 2.29. The molecule has 1 aromatic rings. The minimum Gasteiger partial charge on any atom is -0.365 e. The van der Waals surface area contributed by atoms with Crippen LogP contribution in [-0.4, -0.2) is 78.0 Å². The molecule has 0 aromatic carbocycles. The Bertz CT molecular complexity index is 548. The van der Waals surface area contributed by atoms with Crippen molar-refractivity contribution < 1.29 is 14.3 Å². The highest BCUT2D eigenvalue weighted by atomic mass is 35.5. The first kappa shape index (κ1) is 17.6. The van der Waals surface area contributed by atoms with E-state index >= 15 is 0 Å². The van der Waals surface area contributed by atoms with E-state index in [4.69, 9.17) is 16.3 Å². The largest absolute Gasteiger partial charge is 0.365 e. The first-order valence-corrected chi connectivity index (χ1v) is 7.88. The zero-order valence-corrected chi connectivity index (χ0v) is 14.1. The molecule has 1 fully saturated rings. The molecule has 1 N–H and O–H groups in total. The van der Waals surface area contributed by atoms with E-state index in [9.17, 15) is 9.59 Å². The molecule has 1 aliphatic rings. The Labute approximate surface area is 140 Å². The van der Waals surface area contributed by atoms with E-state index in [1.807, 2.05) is 0 Å². The predicted molar refractivity (Wildman–Crippen MR) is 85.3 cm³/mol. The summed E-state index contributed by atoms with van der Waals surface area (Å²) in [6, 6.07) is -0.177. The summed E-state index contributed by atoms with van der Waals surface area (Å²) in [5.41, 5.74) is 0. The number of hydrogen-bond acceptors (Lipinski definition) is 4. The van der Waals surface area contributed by atoms with Crippen molar-refractivity contribution in [1.29, 1.82) is 0 Å². The molecular weight excluding hydrogens is 322 g/mol. The molecule has 2 rings (SSSR count). The fourth-order valence-corrected chi connectivity index (χ4v) is 2.44. The average Bonchev–Trinajstić information content (AvgIpc) is 2.96. The van der Waals surface area contributed by atoms with Gasteiger partial charge in [-0.2, -0.15) is 5.10 Å². The van der Waals surface area contributed by atoms with Crippen LogP contribution in [0.1, 0.15) is 6.42 Å². The van der Waals surface area contributed by atoms with Gasteiger partial charge in [-0.3, -0.25) is 9.48 Å². The Morgan fingerprint density at radius 3 is 2.96 bits per heavy atom. The number of nitrogens with zero attached hydrogens (tertiary/aromatic N) is 4. The summed E-state index contributed by atoms with van der Waals surface area (Å²) in [4.78, 5) is 27.1. The van der Waals surface area contributed by atoms with Crippen molar-refractivity contribution in [1.82, 2.24) is 24.9 Å². The van der Waals surface area contributed by atoms with Crippen LogP contribution in [0.15, 0.2) is 12.4 Å². The molecule has 0 aliphatic carbocycles. The molecule has 1 unspecified atom stereocenters. The number of morpholine rings is 1. The van der Waals surface area contributed by atoms with Gasteiger partial charge in [0.2, 0.25) is 0 Å². The van der Waals surface area contributed by atoms with E-state index in [1.165, 1.54) is 4.90 Å². The first-order chi connectivity index (χ1) is 11.0. The number of rotatable bonds is 5. The lowest BCUT2D eigenvalue weighted by atomic mass is 10.2. The number of amides is 3. The monoisotopic (exact) mass is 343 g/mol. The zero-order chi connectivity index (χ0) is 16.8. The van der Waals surface area contributed by atoms with E-state index in [2.05, 4.69) is 10.4 Å². The van der Waals surface area contributed by atoms with Gasteiger partial charge in [0.25, 0.3) is 5.91 Å². The van der Waals surface area contributed by atoms with Crippen LogP contribution in [0, 0.1) is 0 Å². The summed E-state index contributed by atoms with van der Waals surface area (Å²) in [6.07, 6.45) is 3.47. The van der Waals surface area contributed by atoms with Crippen molar-refractivity contribution in [3.8, 4) is 0 Å². The topological polar surface area (TPSA) is 79.7 Å². The Hall–Kier alpha value is -1.80. The van der Waals surface area contributed by atoms with Crippen LogP contribution in [0.25, 0.3) is 0 Å². The van der Waals surface area contributed by atoms with Gasteiger partial charge in [-0.05, 0) is 6.42 Å². The number of urea groups is 1. The molecule has 128 valence electrons. The van der Waals surface area contributed by atoms with Gasteiger partial charge in [0.15, 0.2) is 6.10 Å².